The third kappa shape index (κ3) is 3.85. The minimum Gasteiger partial charge on any atom is -0.507 e. The van der Waals surface area contributed by atoms with Crippen molar-refractivity contribution < 1.29 is 24.2 Å². The van der Waals surface area contributed by atoms with Crippen LogP contribution in [0.2, 0.25) is 0 Å². The summed E-state index contributed by atoms with van der Waals surface area (Å²) in [5.74, 6) is 0.0277. The van der Waals surface area contributed by atoms with E-state index >= 15 is 0 Å². The van der Waals surface area contributed by atoms with E-state index in [1.165, 1.54) is 0 Å². The van der Waals surface area contributed by atoms with Crippen LogP contribution in [0.1, 0.15) is 54.8 Å². The summed E-state index contributed by atoms with van der Waals surface area (Å²) < 4.78 is 10.5. The van der Waals surface area contributed by atoms with E-state index in [0.717, 1.165) is 43.2 Å². The van der Waals surface area contributed by atoms with E-state index in [0.29, 0.717) is 17.1 Å². The molecule has 1 saturated carbocycles. The van der Waals surface area contributed by atoms with Crippen LogP contribution in [-0.4, -0.2) is 42.0 Å². The number of ether oxygens (including phenoxy) is 2. The molecule has 0 bridgehead atoms. The Hall–Kier alpha value is -3.28. The molecule has 0 spiro atoms. The van der Waals surface area contributed by atoms with E-state index in [9.17, 15) is 14.7 Å². The molecular weight excluding hydrogens is 406 g/mol. The van der Waals surface area contributed by atoms with Crippen LogP contribution in [0.3, 0.4) is 0 Å². The summed E-state index contributed by atoms with van der Waals surface area (Å²) in [7, 11) is 3.17. The summed E-state index contributed by atoms with van der Waals surface area (Å²) >= 11 is 0. The highest BCUT2D eigenvalue weighted by molar-refractivity contribution is 6.46. The van der Waals surface area contributed by atoms with Crippen molar-refractivity contribution in [3.63, 3.8) is 0 Å². The van der Waals surface area contributed by atoms with E-state index in [1.807, 2.05) is 31.2 Å². The van der Waals surface area contributed by atoms with Gasteiger partial charge in [-0.15, -0.1) is 0 Å². The van der Waals surface area contributed by atoms with Gasteiger partial charge in [0.25, 0.3) is 11.7 Å². The molecule has 168 valence electrons. The van der Waals surface area contributed by atoms with Crippen LogP contribution in [-0.2, 0) is 9.59 Å². The zero-order valence-corrected chi connectivity index (χ0v) is 18.8. The van der Waals surface area contributed by atoms with Gasteiger partial charge < -0.3 is 19.5 Å². The molecule has 0 aromatic heterocycles. The lowest BCUT2D eigenvalue weighted by molar-refractivity contribution is -0.141. The Balaban J connectivity index is 1.87. The molecule has 2 fully saturated rings. The number of aliphatic hydroxyl groups excluding tert-OH is 1. The van der Waals surface area contributed by atoms with Crippen molar-refractivity contribution in [3.8, 4) is 11.5 Å². The van der Waals surface area contributed by atoms with E-state index in [4.69, 9.17) is 9.47 Å². The SMILES string of the molecule is COc1ccc(C2/C(=C(/O)c3ccc(OC)cc3C)C(=O)C(=O)N2C2CCCCC2)cc1. The number of amides is 1. The van der Waals surface area contributed by atoms with Crippen molar-refractivity contribution in [2.45, 2.75) is 51.1 Å². The van der Waals surface area contributed by atoms with Crippen LogP contribution < -0.4 is 9.47 Å². The molecule has 1 N–H and O–H groups in total. The van der Waals surface area contributed by atoms with E-state index < -0.39 is 17.7 Å². The normalized spacial score (nSPS) is 21.1. The largest absolute Gasteiger partial charge is 0.507 e. The fourth-order valence-corrected chi connectivity index (χ4v) is 4.87. The van der Waals surface area contributed by atoms with E-state index in [2.05, 4.69) is 0 Å². The fraction of sp³-hybridized carbons (Fsp3) is 0.385. The minimum absolute atomic E-state index is 0.0189. The highest BCUT2D eigenvalue weighted by atomic mass is 16.5. The van der Waals surface area contributed by atoms with Gasteiger partial charge in [-0.2, -0.15) is 0 Å². The van der Waals surface area contributed by atoms with Gasteiger partial charge in [0, 0.05) is 11.6 Å². The monoisotopic (exact) mass is 435 g/mol. The average molecular weight is 436 g/mol. The highest BCUT2D eigenvalue weighted by Gasteiger charge is 2.48. The molecule has 2 aliphatic rings. The standard InChI is InChI=1S/C26H29NO5/c1-16-15-20(32-3)13-14-21(16)24(28)22-23(17-9-11-19(31-2)12-10-17)27(26(30)25(22)29)18-7-5-4-6-8-18/h9-15,18,23,28H,4-8H2,1-3H3/b24-22-. The summed E-state index contributed by atoms with van der Waals surface area (Å²) in [6, 6.07) is 12.0. The first-order chi connectivity index (χ1) is 15.5. The first-order valence-electron chi connectivity index (χ1n) is 11.0. The van der Waals surface area contributed by atoms with Crippen molar-refractivity contribution >= 4 is 17.4 Å². The first-order valence-corrected chi connectivity index (χ1v) is 11.0. The highest BCUT2D eigenvalue weighted by Crippen LogP contribution is 2.43. The zero-order chi connectivity index (χ0) is 22.8. The van der Waals surface area contributed by atoms with Gasteiger partial charge in [0.1, 0.15) is 17.3 Å². The number of rotatable bonds is 5. The number of methoxy groups -OCH3 is 2. The lowest BCUT2D eigenvalue weighted by atomic mass is 9.90. The molecule has 1 aliphatic heterocycles. The van der Waals surface area contributed by atoms with Crippen LogP contribution in [0, 0.1) is 6.92 Å². The first kappa shape index (κ1) is 21.9. The Kier molecular flexibility index (Phi) is 6.21. The summed E-state index contributed by atoms with van der Waals surface area (Å²) in [6.45, 7) is 1.84. The number of carbonyl (C=O) groups is 2. The van der Waals surface area contributed by atoms with E-state index in [1.54, 1.807) is 37.3 Å². The number of ketones is 1. The summed E-state index contributed by atoms with van der Waals surface area (Å²) in [6.07, 6.45) is 4.92. The number of aryl methyl sites for hydroxylation is 1. The molecule has 2 aromatic carbocycles. The summed E-state index contributed by atoms with van der Waals surface area (Å²) in [5, 5.41) is 11.3. The van der Waals surface area contributed by atoms with Crippen LogP contribution in [0.15, 0.2) is 48.0 Å². The summed E-state index contributed by atoms with van der Waals surface area (Å²) in [4.78, 5) is 28.2. The molecule has 1 saturated heterocycles. The topological polar surface area (TPSA) is 76.1 Å². The molecule has 6 nitrogen and oxygen atoms in total. The lowest BCUT2D eigenvalue weighted by Crippen LogP contribution is -2.40. The second kappa shape index (κ2) is 9.07. The van der Waals surface area contributed by atoms with Gasteiger partial charge in [0.15, 0.2) is 0 Å². The third-order valence-electron chi connectivity index (χ3n) is 6.57. The lowest BCUT2D eigenvalue weighted by Gasteiger charge is -2.35. The summed E-state index contributed by atoms with van der Waals surface area (Å²) in [5.41, 5.74) is 2.20. The van der Waals surface area contributed by atoms with Crippen molar-refractivity contribution in [2.75, 3.05) is 14.2 Å². The third-order valence-corrected chi connectivity index (χ3v) is 6.57. The number of nitrogens with zero attached hydrogens (tertiary/aromatic N) is 1. The van der Waals surface area contributed by atoms with Gasteiger partial charge in [-0.05, 0) is 61.2 Å². The maximum Gasteiger partial charge on any atom is 0.295 e. The van der Waals surface area contributed by atoms with Gasteiger partial charge in [-0.1, -0.05) is 31.4 Å². The average Bonchev–Trinajstić information content (AvgIpc) is 3.09. The molecule has 1 atom stereocenters. The quantitative estimate of drug-likeness (QED) is 0.416. The zero-order valence-electron chi connectivity index (χ0n) is 18.8. The van der Waals surface area contributed by atoms with Gasteiger partial charge in [-0.3, -0.25) is 9.59 Å². The number of benzene rings is 2. The smallest absolute Gasteiger partial charge is 0.295 e. The Morgan fingerprint density at radius 2 is 1.56 bits per heavy atom. The van der Waals surface area contributed by atoms with Gasteiger partial charge in [0.2, 0.25) is 0 Å². The number of carbonyl (C=O) groups excluding carboxylic acids is 2. The van der Waals surface area contributed by atoms with Crippen LogP contribution in [0.25, 0.3) is 5.76 Å². The second-order valence-electron chi connectivity index (χ2n) is 8.45. The van der Waals surface area contributed by atoms with Gasteiger partial charge in [-0.25, -0.2) is 0 Å². The van der Waals surface area contributed by atoms with Crippen LogP contribution in [0.5, 0.6) is 11.5 Å². The van der Waals surface area contributed by atoms with Gasteiger partial charge >= 0.3 is 0 Å². The van der Waals surface area contributed by atoms with E-state index in [-0.39, 0.29) is 17.4 Å². The molecule has 1 unspecified atom stereocenters. The molecule has 0 radical (unpaired) electrons. The molecular formula is C26H29NO5. The Labute approximate surface area is 188 Å². The molecule has 1 heterocycles. The van der Waals surface area contributed by atoms with Crippen molar-refractivity contribution in [3.05, 3.63) is 64.7 Å². The molecule has 1 amide bonds. The Morgan fingerprint density at radius 1 is 0.938 bits per heavy atom. The van der Waals surface area contributed by atoms with Crippen LogP contribution >= 0.6 is 0 Å². The number of hydrogen-bond acceptors (Lipinski definition) is 5. The number of Topliss-reactive ketones (excluding diaryl/α,β-unsaturated/α-hetero) is 1. The number of hydrogen-bond donors (Lipinski definition) is 1. The predicted octanol–water partition coefficient (Wildman–Crippen LogP) is 4.77. The molecule has 32 heavy (non-hydrogen) atoms. The maximum absolute atomic E-state index is 13.3. The minimum atomic E-state index is -0.635. The number of likely N-dealkylation sites (tertiary alicyclic amines) is 1. The van der Waals surface area contributed by atoms with Crippen molar-refractivity contribution in [1.82, 2.24) is 4.90 Å². The Bertz CT molecular complexity index is 1050. The molecule has 6 heteroatoms. The fourth-order valence-electron chi connectivity index (χ4n) is 4.87. The second-order valence-corrected chi connectivity index (χ2v) is 8.45. The molecule has 4 rings (SSSR count). The molecule has 2 aromatic rings. The van der Waals surface area contributed by atoms with Crippen molar-refractivity contribution in [1.29, 1.82) is 0 Å². The van der Waals surface area contributed by atoms with Crippen molar-refractivity contribution in [2.24, 2.45) is 0 Å². The van der Waals surface area contributed by atoms with Gasteiger partial charge in [0.05, 0.1) is 25.8 Å². The number of aliphatic hydroxyl groups is 1. The van der Waals surface area contributed by atoms with Crippen LogP contribution in [0.4, 0.5) is 0 Å². The predicted molar refractivity (Wildman–Crippen MR) is 122 cm³/mol. The Morgan fingerprint density at radius 3 is 2.16 bits per heavy atom. The molecule has 1 aliphatic carbocycles. The maximum atomic E-state index is 13.3.